The van der Waals surface area contributed by atoms with Gasteiger partial charge in [-0.15, -0.1) is 0 Å². The molecule has 2 rings (SSSR count). The van der Waals surface area contributed by atoms with Crippen LogP contribution in [0.2, 0.25) is 0 Å². The second-order valence-corrected chi connectivity index (χ2v) is 6.47. The van der Waals surface area contributed by atoms with E-state index in [1.165, 1.54) is 12.1 Å². The molecule has 0 aliphatic heterocycles. The van der Waals surface area contributed by atoms with E-state index < -0.39 is 16.1 Å². The van der Waals surface area contributed by atoms with Crippen molar-refractivity contribution in [1.29, 1.82) is 0 Å². The Hall–Kier alpha value is -2.58. The predicted octanol–water partition coefficient (Wildman–Crippen LogP) is 1.61. The fourth-order valence-corrected chi connectivity index (χ4v) is 2.95. The molecule has 0 saturated heterocycles. The van der Waals surface area contributed by atoms with Gasteiger partial charge in [0.15, 0.2) is 0 Å². The minimum Gasteiger partial charge on any atom is -0.508 e. The zero-order chi connectivity index (χ0) is 16.9. The van der Waals surface area contributed by atoms with Crippen LogP contribution in [0, 0.1) is 0 Å². The van der Waals surface area contributed by atoms with E-state index in [0.29, 0.717) is 0 Å². The molecule has 0 spiro atoms. The van der Waals surface area contributed by atoms with E-state index >= 15 is 0 Å². The maximum atomic E-state index is 12.0. The zero-order valence-electron chi connectivity index (χ0n) is 12.1. The molecule has 0 aromatic heterocycles. The molecular weight excluding hydrogens is 320 g/mol. The topological polar surface area (TPSA) is 116 Å². The molecule has 122 valence electrons. The summed E-state index contributed by atoms with van der Waals surface area (Å²) in [4.78, 5) is 10.4. The van der Waals surface area contributed by atoms with Gasteiger partial charge >= 0.3 is 6.09 Å². The van der Waals surface area contributed by atoms with Crippen molar-refractivity contribution >= 4 is 16.1 Å². The SMILES string of the molecule is O=C(O)NCCNS(=O)(=O)c1ccc(-c2ccc(O)cc2)cc1. The number of benzene rings is 2. The van der Waals surface area contributed by atoms with Crippen molar-refractivity contribution in [2.45, 2.75) is 4.90 Å². The van der Waals surface area contributed by atoms with Gasteiger partial charge in [-0.1, -0.05) is 24.3 Å². The molecular formula is C15H16N2O5S. The van der Waals surface area contributed by atoms with E-state index in [2.05, 4.69) is 10.0 Å². The van der Waals surface area contributed by atoms with Crippen LogP contribution in [0.4, 0.5) is 4.79 Å². The minimum absolute atomic E-state index is 0.0137. The average molecular weight is 336 g/mol. The number of nitrogens with one attached hydrogen (secondary N) is 2. The molecule has 0 fully saturated rings. The number of hydrogen-bond acceptors (Lipinski definition) is 4. The molecule has 0 bridgehead atoms. The third-order valence-corrected chi connectivity index (χ3v) is 4.54. The molecule has 0 aliphatic rings. The number of rotatable bonds is 6. The second-order valence-electron chi connectivity index (χ2n) is 4.70. The van der Waals surface area contributed by atoms with E-state index in [4.69, 9.17) is 5.11 Å². The lowest BCUT2D eigenvalue weighted by atomic mass is 10.1. The molecule has 7 nitrogen and oxygen atoms in total. The Morgan fingerprint density at radius 3 is 1.96 bits per heavy atom. The molecule has 2 aromatic carbocycles. The van der Waals surface area contributed by atoms with Crippen LogP contribution in [-0.4, -0.2) is 37.8 Å². The summed E-state index contributed by atoms with van der Waals surface area (Å²) in [6.07, 6.45) is -1.21. The quantitative estimate of drug-likeness (QED) is 0.598. The van der Waals surface area contributed by atoms with Crippen LogP contribution >= 0.6 is 0 Å². The predicted molar refractivity (Wildman–Crippen MR) is 84.8 cm³/mol. The fraction of sp³-hybridized carbons (Fsp3) is 0.133. The van der Waals surface area contributed by atoms with Gasteiger partial charge in [-0.3, -0.25) is 0 Å². The Labute approximate surface area is 133 Å². The van der Waals surface area contributed by atoms with E-state index in [1.807, 2.05) is 0 Å². The van der Waals surface area contributed by atoms with E-state index in [1.54, 1.807) is 36.4 Å². The summed E-state index contributed by atoms with van der Waals surface area (Å²) in [5.41, 5.74) is 1.67. The van der Waals surface area contributed by atoms with Crippen molar-refractivity contribution in [1.82, 2.24) is 10.0 Å². The third-order valence-electron chi connectivity index (χ3n) is 3.06. The van der Waals surface area contributed by atoms with Gasteiger partial charge in [-0.2, -0.15) is 0 Å². The van der Waals surface area contributed by atoms with Crippen molar-refractivity contribution in [3.05, 3.63) is 48.5 Å². The van der Waals surface area contributed by atoms with Gasteiger partial charge in [0.2, 0.25) is 10.0 Å². The third kappa shape index (κ3) is 4.70. The number of amides is 1. The summed E-state index contributed by atoms with van der Waals surface area (Å²) < 4.78 is 26.4. The van der Waals surface area contributed by atoms with Crippen LogP contribution < -0.4 is 10.0 Å². The first-order valence-corrected chi connectivity index (χ1v) is 8.23. The van der Waals surface area contributed by atoms with Gasteiger partial charge in [-0.25, -0.2) is 17.9 Å². The van der Waals surface area contributed by atoms with E-state index in [0.717, 1.165) is 11.1 Å². The van der Waals surface area contributed by atoms with Crippen LogP contribution in [-0.2, 0) is 10.0 Å². The van der Waals surface area contributed by atoms with Crippen LogP contribution in [0.25, 0.3) is 11.1 Å². The Balaban J connectivity index is 2.06. The highest BCUT2D eigenvalue weighted by molar-refractivity contribution is 7.89. The Morgan fingerprint density at radius 1 is 0.913 bits per heavy atom. The number of phenols is 1. The highest BCUT2D eigenvalue weighted by Crippen LogP contribution is 2.23. The monoisotopic (exact) mass is 336 g/mol. The van der Waals surface area contributed by atoms with Crippen molar-refractivity contribution in [2.24, 2.45) is 0 Å². The Kier molecular flexibility index (Phi) is 5.20. The van der Waals surface area contributed by atoms with E-state index in [-0.39, 0.29) is 23.7 Å². The fourth-order valence-electron chi connectivity index (χ4n) is 1.92. The van der Waals surface area contributed by atoms with Crippen LogP contribution in [0.15, 0.2) is 53.4 Å². The van der Waals surface area contributed by atoms with Crippen molar-refractivity contribution in [3.8, 4) is 16.9 Å². The van der Waals surface area contributed by atoms with Gasteiger partial charge in [-0.05, 0) is 35.4 Å². The van der Waals surface area contributed by atoms with Gasteiger partial charge in [0.05, 0.1) is 4.90 Å². The summed E-state index contributed by atoms with van der Waals surface area (Å²) in [6.45, 7) is -0.0471. The van der Waals surface area contributed by atoms with Crippen molar-refractivity contribution in [3.63, 3.8) is 0 Å². The first-order valence-electron chi connectivity index (χ1n) is 6.74. The lowest BCUT2D eigenvalue weighted by Gasteiger charge is -2.08. The number of carboxylic acid groups (broad SMARTS) is 1. The molecule has 23 heavy (non-hydrogen) atoms. The molecule has 8 heteroatoms. The molecule has 0 atom stereocenters. The normalized spacial score (nSPS) is 11.1. The highest BCUT2D eigenvalue weighted by Gasteiger charge is 2.13. The first-order chi connectivity index (χ1) is 10.9. The smallest absolute Gasteiger partial charge is 0.404 e. The first kappa shape index (κ1) is 16.8. The van der Waals surface area contributed by atoms with Gasteiger partial charge in [0.25, 0.3) is 0 Å². The summed E-state index contributed by atoms with van der Waals surface area (Å²) in [6, 6.07) is 12.8. The van der Waals surface area contributed by atoms with Crippen LogP contribution in [0.3, 0.4) is 0 Å². The molecule has 0 saturated carbocycles. The molecule has 0 aliphatic carbocycles. The summed E-state index contributed by atoms with van der Waals surface area (Å²) in [7, 11) is -3.69. The van der Waals surface area contributed by atoms with Crippen LogP contribution in [0.1, 0.15) is 0 Å². The Morgan fingerprint density at radius 2 is 1.43 bits per heavy atom. The molecule has 1 amide bonds. The number of carbonyl (C=O) groups is 1. The minimum atomic E-state index is -3.69. The standard InChI is InChI=1S/C15H16N2O5S/c18-13-5-1-11(2-6-13)12-3-7-14(8-4-12)23(21,22)17-10-9-16-15(19)20/h1-8,16-18H,9-10H2,(H,19,20). The molecule has 0 radical (unpaired) electrons. The van der Waals surface area contributed by atoms with Crippen molar-refractivity contribution < 1.29 is 23.4 Å². The summed E-state index contributed by atoms with van der Waals surface area (Å²) in [5.74, 6) is 0.159. The average Bonchev–Trinajstić information content (AvgIpc) is 2.52. The Bertz CT molecular complexity index is 771. The van der Waals surface area contributed by atoms with Crippen LogP contribution in [0.5, 0.6) is 5.75 Å². The summed E-state index contributed by atoms with van der Waals surface area (Å²) in [5, 5.41) is 19.7. The second kappa shape index (κ2) is 7.12. The lowest BCUT2D eigenvalue weighted by Crippen LogP contribution is -2.33. The highest BCUT2D eigenvalue weighted by atomic mass is 32.2. The summed E-state index contributed by atoms with van der Waals surface area (Å²) >= 11 is 0. The maximum Gasteiger partial charge on any atom is 0.404 e. The number of hydrogen-bond donors (Lipinski definition) is 4. The van der Waals surface area contributed by atoms with Gasteiger partial charge in [0.1, 0.15) is 5.75 Å². The largest absolute Gasteiger partial charge is 0.508 e. The number of phenolic OH excluding ortho intramolecular Hbond substituents is 1. The van der Waals surface area contributed by atoms with E-state index in [9.17, 15) is 18.3 Å². The molecule has 4 N–H and O–H groups in total. The number of sulfonamides is 1. The van der Waals surface area contributed by atoms with Gasteiger partial charge < -0.3 is 15.5 Å². The number of aromatic hydroxyl groups is 1. The van der Waals surface area contributed by atoms with Gasteiger partial charge in [0, 0.05) is 13.1 Å². The zero-order valence-corrected chi connectivity index (χ0v) is 12.9. The molecule has 0 unspecified atom stereocenters. The molecule has 0 heterocycles. The maximum absolute atomic E-state index is 12.0. The molecule has 2 aromatic rings. The van der Waals surface area contributed by atoms with Crippen molar-refractivity contribution in [2.75, 3.05) is 13.1 Å². The lowest BCUT2D eigenvalue weighted by molar-refractivity contribution is 0.194.